The number of allylic oxidation sites excluding steroid dienone is 8. The average molecular weight is 967 g/mol. The smallest absolute Gasteiger partial charge is 0.462 e. The first-order valence-corrected chi connectivity index (χ1v) is 27.2. The molecule has 1 aliphatic carbocycles. The van der Waals surface area contributed by atoms with Crippen molar-refractivity contribution in [1.29, 1.82) is 0 Å². The van der Waals surface area contributed by atoms with Gasteiger partial charge in [0.05, 0.1) is 6.61 Å². The lowest BCUT2D eigenvalue weighted by Crippen LogP contribution is -2.64. The maximum Gasteiger partial charge on any atom is 0.472 e. The number of phosphoric ester groups is 2. The number of aliphatic hydroxyl groups is 4. The van der Waals surface area contributed by atoms with Crippen LogP contribution in [-0.2, 0) is 41.8 Å². The Labute approximate surface area is 388 Å². The van der Waals surface area contributed by atoms with Gasteiger partial charge in [-0.25, -0.2) is 9.13 Å². The van der Waals surface area contributed by atoms with Gasteiger partial charge in [0, 0.05) is 12.8 Å². The Morgan fingerprint density at radius 2 is 0.892 bits per heavy atom. The predicted molar refractivity (Wildman–Crippen MR) is 250 cm³/mol. The van der Waals surface area contributed by atoms with Crippen molar-refractivity contribution in [2.24, 2.45) is 0 Å². The van der Waals surface area contributed by atoms with Crippen LogP contribution in [0.15, 0.2) is 48.6 Å². The third-order valence-corrected chi connectivity index (χ3v) is 12.4. The summed E-state index contributed by atoms with van der Waals surface area (Å²) in [5.74, 6) is -1.24. The zero-order valence-corrected chi connectivity index (χ0v) is 40.9. The van der Waals surface area contributed by atoms with Gasteiger partial charge in [-0.2, -0.15) is 0 Å². The monoisotopic (exact) mass is 967 g/mol. The van der Waals surface area contributed by atoms with Crippen LogP contribution in [0.3, 0.4) is 0 Å². The third kappa shape index (κ3) is 32.4. The first-order chi connectivity index (χ1) is 31.1. The molecule has 65 heavy (non-hydrogen) atoms. The Balaban J connectivity index is 2.60. The lowest BCUT2D eigenvalue weighted by atomic mass is 9.85. The first-order valence-electron chi connectivity index (χ1n) is 24.2. The van der Waals surface area contributed by atoms with E-state index in [1.807, 2.05) is 0 Å². The summed E-state index contributed by atoms with van der Waals surface area (Å²) in [6.45, 7) is 3.05. The molecule has 0 heterocycles. The summed E-state index contributed by atoms with van der Waals surface area (Å²) < 4.78 is 49.4. The van der Waals surface area contributed by atoms with Gasteiger partial charge in [-0.3, -0.25) is 23.2 Å². The molecule has 0 spiro atoms. The van der Waals surface area contributed by atoms with Crippen molar-refractivity contribution in [2.45, 2.75) is 224 Å². The van der Waals surface area contributed by atoms with Crippen LogP contribution in [0, 0.1) is 0 Å². The van der Waals surface area contributed by atoms with Gasteiger partial charge < -0.3 is 44.6 Å². The van der Waals surface area contributed by atoms with E-state index in [2.05, 4.69) is 67.0 Å². The lowest BCUT2D eigenvalue weighted by molar-refractivity contribution is -0.216. The third-order valence-electron chi connectivity index (χ3n) is 10.9. The van der Waals surface area contributed by atoms with E-state index in [9.17, 15) is 53.8 Å². The molecule has 1 fully saturated rings. The molecule has 8 atom stereocenters. The van der Waals surface area contributed by atoms with Crippen LogP contribution in [0.1, 0.15) is 181 Å². The fraction of sp³-hybridized carbons (Fsp3) is 0.787. The van der Waals surface area contributed by atoms with Crippen molar-refractivity contribution in [3.8, 4) is 0 Å². The number of rotatable bonds is 40. The summed E-state index contributed by atoms with van der Waals surface area (Å²) in [5.41, 5.74) is 0. The van der Waals surface area contributed by atoms with Crippen molar-refractivity contribution >= 4 is 27.6 Å². The second-order valence-corrected chi connectivity index (χ2v) is 19.4. The van der Waals surface area contributed by atoms with Crippen molar-refractivity contribution in [1.82, 2.24) is 0 Å². The highest BCUT2D eigenvalue weighted by molar-refractivity contribution is 7.47. The number of esters is 2. The number of aliphatic hydroxyl groups excluding tert-OH is 4. The Bertz CT molecular complexity index is 1450. The summed E-state index contributed by atoms with van der Waals surface area (Å²) >= 11 is 0. The molecule has 1 saturated carbocycles. The minimum atomic E-state index is -5.37. The molecule has 0 amide bonds. The van der Waals surface area contributed by atoms with Crippen LogP contribution in [0.25, 0.3) is 0 Å². The van der Waals surface area contributed by atoms with Gasteiger partial charge in [0.1, 0.15) is 43.2 Å². The van der Waals surface area contributed by atoms with Gasteiger partial charge in [0.15, 0.2) is 6.10 Å². The van der Waals surface area contributed by atoms with Crippen molar-refractivity contribution in [3.63, 3.8) is 0 Å². The summed E-state index contributed by atoms with van der Waals surface area (Å²) in [5, 5.41) is 41.2. The van der Waals surface area contributed by atoms with Gasteiger partial charge in [-0.05, 0) is 77.0 Å². The Morgan fingerprint density at radius 3 is 1.40 bits per heavy atom. The molecular weight excluding hydrogens is 882 g/mol. The molecule has 1 aliphatic rings. The number of ether oxygens (including phenoxy) is 2. The molecule has 0 aromatic carbocycles. The van der Waals surface area contributed by atoms with Crippen LogP contribution in [0.4, 0.5) is 0 Å². The second-order valence-electron chi connectivity index (χ2n) is 16.8. The highest BCUT2D eigenvalue weighted by atomic mass is 31.2. The lowest BCUT2D eigenvalue weighted by Gasteiger charge is -2.43. The van der Waals surface area contributed by atoms with E-state index in [0.29, 0.717) is 12.8 Å². The van der Waals surface area contributed by atoms with E-state index in [0.717, 1.165) is 96.3 Å². The van der Waals surface area contributed by atoms with E-state index >= 15 is 0 Å². The van der Waals surface area contributed by atoms with Crippen LogP contribution in [0.2, 0.25) is 0 Å². The molecule has 378 valence electrons. The first kappa shape index (κ1) is 61.0. The molecular formula is C47H84O16P2. The van der Waals surface area contributed by atoms with Crippen LogP contribution < -0.4 is 0 Å². The van der Waals surface area contributed by atoms with Crippen molar-refractivity contribution in [2.75, 3.05) is 13.2 Å². The highest BCUT2D eigenvalue weighted by Gasteiger charge is 2.54. The van der Waals surface area contributed by atoms with Crippen molar-refractivity contribution in [3.05, 3.63) is 48.6 Å². The van der Waals surface area contributed by atoms with Crippen LogP contribution in [0.5, 0.6) is 0 Å². The molecule has 0 saturated heterocycles. The number of hydrogen-bond acceptors (Lipinski definition) is 13. The van der Waals surface area contributed by atoms with Crippen LogP contribution in [-0.4, -0.2) is 103 Å². The van der Waals surface area contributed by atoms with Gasteiger partial charge in [0.25, 0.3) is 0 Å². The van der Waals surface area contributed by atoms with E-state index in [1.165, 1.54) is 44.9 Å². The Kier molecular flexibility index (Phi) is 35.5. The maximum atomic E-state index is 13.0. The summed E-state index contributed by atoms with van der Waals surface area (Å²) in [7, 11) is -10.7. The maximum absolute atomic E-state index is 13.0. The largest absolute Gasteiger partial charge is 0.472 e. The number of phosphoric acid groups is 2. The summed E-state index contributed by atoms with van der Waals surface area (Å²) in [4.78, 5) is 54.3. The minimum Gasteiger partial charge on any atom is -0.462 e. The SMILES string of the molecule is CCCCCC=CCC=CCC=CCCCCCCC(=O)OCC(COP(=O)(O)OC1C(O)C(O)C(O)C(OP(=O)(O)O)C1O)OC(=O)CCCCCCCCCC=CCCCCCC. The number of carbonyl (C=O) groups is 2. The molecule has 0 radical (unpaired) electrons. The van der Waals surface area contributed by atoms with Gasteiger partial charge in [-0.15, -0.1) is 0 Å². The number of hydrogen-bond donors (Lipinski definition) is 7. The second kappa shape index (κ2) is 37.9. The summed E-state index contributed by atoms with van der Waals surface area (Å²) in [6, 6.07) is 0. The molecule has 0 aromatic rings. The standard InChI is InChI=1S/C47H84O16P2/c1-3-5-7-9-11-13-15-17-19-20-22-23-25-27-29-31-33-35-40(48)59-37-39(61-41(49)36-34-32-30-28-26-24-21-18-16-14-12-10-8-6-4-2)38-60-65(57,58)63-47-44(52)42(50)43(51)46(45(47)53)62-64(54,55)56/h11,13-14,16-17,19,22-23,39,42-47,50-53H,3-10,12,15,18,20-21,24-38H2,1-2H3,(H,57,58)(H2,54,55,56). The molecule has 0 aromatic heterocycles. The Morgan fingerprint density at radius 1 is 0.492 bits per heavy atom. The van der Waals surface area contributed by atoms with Crippen LogP contribution >= 0.6 is 15.6 Å². The molecule has 0 aliphatic heterocycles. The predicted octanol–water partition coefficient (Wildman–Crippen LogP) is 9.29. The fourth-order valence-corrected chi connectivity index (χ4v) is 8.62. The molecule has 7 N–H and O–H groups in total. The molecule has 16 nitrogen and oxygen atoms in total. The zero-order valence-electron chi connectivity index (χ0n) is 39.2. The number of carbonyl (C=O) groups excluding carboxylic acids is 2. The van der Waals surface area contributed by atoms with E-state index < -0.39 is 83.5 Å². The molecule has 8 unspecified atom stereocenters. The fourth-order valence-electron chi connectivity index (χ4n) is 7.09. The zero-order chi connectivity index (χ0) is 48.2. The van der Waals surface area contributed by atoms with Gasteiger partial charge >= 0.3 is 27.6 Å². The number of unbranched alkanes of at least 4 members (excludes halogenated alkanes) is 18. The minimum absolute atomic E-state index is 0.0329. The van der Waals surface area contributed by atoms with E-state index in [1.54, 1.807) is 0 Å². The molecule has 1 rings (SSSR count). The Hall–Kier alpha value is -2.04. The van der Waals surface area contributed by atoms with Gasteiger partial charge in [0.2, 0.25) is 0 Å². The molecule has 0 bridgehead atoms. The average Bonchev–Trinajstić information content (AvgIpc) is 3.26. The highest BCUT2D eigenvalue weighted by Crippen LogP contribution is 2.49. The van der Waals surface area contributed by atoms with E-state index in [-0.39, 0.29) is 12.8 Å². The summed E-state index contributed by atoms with van der Waals surface area (Å²) in [6.07, 6.45) is 27.7. The van der Waals surface area contributed by atoms with Crippen molar-refractivity contribution < 1.29 is 76.9 Å². The van der Waals surface area contributed by atoms with E-state index in [4.69, 9.17) is 18.5 Å². The molecule has 18 heteroatoms. The topological polar surface area (TPSA) is 256 Å². The quantitative estimate of drug-likeness (QED) is 0.0131. The normalized spacial score (nSPS) is 22.0. The van der Waals surface area contributed by atoms with Gasteiger partial charge in [-0.1, -0.05) is 140 Å².